The predicted molar refractivity (Wildman–Crippen MR) is 78.2 cm³/mol. The standard InChI is InChI=1S/C13H19ClN2O3S/c1-16-6-4-11(5-7-16)15-20(18,19)12-3-2-10(9-17)13(14)8-12/h2-3,8,11,15,17H,4-7,9H2,1H3. The first-order valence-corrected chi connectivity index (χ1v) is 8.38. The molecule has 0 unspecified atom stereocenters. The monoisotopic (exact) mass is 318 g/mol. The molecular weight excluding hydrogens is 300 g/mol. The molecule has 1 aliphatic rings. The molecule has 1 heterocycles. The number of aliphatic hydroxyl groups excluding tert-OH is 1. The van der Waals surface area contributed by atoms with E-state index < -0.39 is 10.0 Å². The fourth-order valence-corrected chi connectivity index (χ4v) is 3.87. The number of halogens is 1. The van der Waals surface area contributed by atoms with Crippen molar-refractivity contribution in [2.24, 2.45) is 0 Å². The summed E-state index contributed by atoms with van der Waals surface area (Å²) in [6, 6.07) is 4.34. The third-order valence-electron chi connectivity index (χ3n) is 3.55. The van der Waals surface area contributed by atoms with Crippen molar-refractivity contribution in [3.63, 3.8) is 0 Å². The number of hydrogen-bond acceptors (Lipinski definition) is 4. The maximum Gasteiger partial charge on any atom is 0.240 e. The van der Waals surface area contributed by atoms with Crippen molar-refractivity contribution in [3.8, 4) is 0 Å². The second kappa shape index (κ2) is 6.41. The molecule has 7 heteroatoms. The van der Waals surface area contributed by atoms with E-state index in [9.17, 15) is 8.42 Å². The first-order chi connectivity index (χ1) is 9.42. The lowest BCUT2D eigenvalue weighted by Crippen LogP contribution is -2.43. The molecule has 0 bridgehead atoms. The van der Waals surface area contributed by atoms with Crippen molar-refractivity contribution in [1.29, 1.82) is 0 Å². The molecule has 1 saturated heterocycles. The van der Waals surface area contributed by atoms with Gasteiger partial charge in [-0.25, -0.2) is 13.1 Å². The maximum atomic E-state index is 12.3. The van der Waals surface area contributed by atoms with E-state index in [1.165, 1.54) is 18.2 Å². The van der Waals surface area contributed by atoms with Gasteiger partial charge >= 0.3 is 0 Å². The van der Waals surface area contributed by atoms with Crippen LogP contribution in [-0.2, 0) is 16.6 Å². The van der Waals surface area contributed by atoms with E-state index in [1.54, 1.807) is 0 Å². The fourth-order valence-electron chi connectivity index (χ4n) is 2.24. The molecule has 0 atom stereocenters. The molecule has 1 aliphatic heterocycles. The lowest BCUT2D eigenvalue weighted by Gasteiger charge is -2.29. The highest BCUT2D eigenvalue weighted by Gasteiger charge is 2.23. The quantitative estimate of drug-likeness (QED) is 0.875. The Bertz CT molecular complexity index is 569. The Hall–Kier alpha value is -0.660. The summed E-state index contributed by atoms with van der Waals surface area (Å²) in [6.07, 6.45) is 1.61. The molecule has 0 aliphatic carbocycles. The summed E-state index contributed by atoms with van der Waals surface area (Å²) in [5.74, 6) is 0. The Balaban J connectivity index is 2.12. The van der Waals surface area contributed by atoms with Crippen molar-refractivity contribution in [1.82, 2.24) is 9.62 Å². The largest absolute Gasteiger partial charge is 0.392 e. The zero-order valence-electron chi connectivity index (χ0n) is 11.3. The molecule has 2 N–H and O–H groups in total. The van der Waals surface area contributed by atoms with Crippen LogP contribution in [0.4, 0.5) is 0 Å². The highest BCUT2D eigenvalue weighted by atomic mass is 35.5. The smallest absolute Gasteiger partial charge is 0.240 e. The van der Waals surface area contributed by atoms with Gasteiger partial charge in [-0.1, -0.05) is 17.7 Å². The van der Waals surface area contributed by atoms with Crippen LogP contribution >= 0.6 is 11.6 Å². The summed E-state index contributed by atoms with van der Waals surface area (Å²) in [4.78, 5) is 2.32. The summed E-state index contributed by atoms with van der Waals surface area (Å²) >= 11 is 5.94. The molecule has 0 amide bonds. The van der Waals surface area contributed by atoms with Crippen LogP contribution in [-0.4, -0.2) is 44.6 Å². The van der Waals surface area contributed by atoms with Gasteiger partial charge in [-0.15, -0.1) is 0 Å². The maximum absolute atomic E-state index is 12.3. The van der Waals surface area contributed by atoms with Crippen LogP contribution in [0.25, 0.3) is 0 Å². The Morgan fingerprint density at radius 2 is 2.05 bits per heavy atom. The molecular formula is C13H19ClN2O3S. The number of nitrogens with zero attached hydrogens (tertiary/aromatic N) is 1. The van der Waals surface area contributed by atoms with Gasteiger partial charge in [0, 0.05) is 11.1 Å². The van der Waals surface area contributed by atoms with E-state index in [0.717, 1.165) is 25.9 Å². The third-order valence-corrected chi connectivity index (χ3v) is 5.42. The number of nitrogens with one attached hydrogen (secondary N) is 1. The number of aliphatic hydroxyl groups is 1. The minimum atomic E-state index is -3.56. The van der Waals surface area contributed by atoms with Gasteiger partial charge in [-0.3, -0.25) is 0 Å². The Kier molecular flexibility index (Phi) is 5.04. The average Bonchev–Trinajstić information content (AvgIpc) is 2.41. The van der Waals surface area contributed by atoms with E-state index >= 15 is 0 Å². The van der Waals surface area contributed by atoms with Crippen LogP contribution in [0, 0.1) is 0 Å². The molecule has 0 radical (unpaired) electrons. The van der Waals surface area contributed by atoms with E-state index in [4.69, 9.17) is 16.7 Å². The molecule has 112 valence electrons. The molecule has 0 aromatic heterocycles. The average molecular weight is 319 g/mol. The second-order valence-corrected chi connectivity index (χ2v) is 7.23. The normalized spacial score (nSPS) is 18.4. The summed E-state index contributed by atoms with van der Waals surface area (Å²) in [6.45, 7) is 1.57. The SMILES string of the molecule is CN1CCC(NS(=O)(=O)c2ccc(CO)c(Cl)c2)CC1. The number of benzene rings is 1. The molecule has 0 spiro atoms. The minimum Gasteiger partial charge on any atom is -0.392 e. The molecule has 1 fully saturated rings. The Labute approximate surface area is 124 Å². The van der Waals surface area contributed by atoms with Crippen LogP contribution < -0.4 is 4.72 Å². The van der Waals surface area contributed by atoms with Crippen molar-refractivity contribution >= 4 is 21.6 Å². The first-order valence-electron chi connectivity index (χ1n) is 6.52. The molecule has 1 aromatic rings. The van der Waals surface area contributed by atoms with Gasteiger partial charge in [0.25, 0.3) is 0 Å². The van der Waals surface area contributed by atoms with Crippen LogP contribution in [0.1, 0.15) is 18.4 Å². The lowest BCUT2D eigenvalue weighted by atomic mass is 10.1. The van der Waals surface area contributed by atoms with E-state index in [0.29, 0.717) is 5.56 Å². The highest BCUT2D eigenvalue weighted by Crippen LogP contribution is 2.21. The van der Waals surface area contributed by atoms with Crippen molar-refractivity contribution in [2.75, 3.05) is 20.1 Å². The van der Waals surface area contributed by atoms with E-state index in [-0.39, 0.29) is 22.6 Å². The Morgan fingerprint density at radius 3 is 2.60 bits per heavy atom. The second-order valence-electron chi connectivity index (χ2n) is 5.11. The van der Waals surface area contributed by atoms with Crippen molar-refractivity contribution < 1.29 is 13.5 Å². The summed E-state index contributed by atoms with van der Waals surface area (Å²) < 4.78 is 27.3. The molecule has 20 heavy (non-hydrogen) atoms. The molecule has 1 aromatic carbocycles. The van der Waals surface area contributed by atoms with Gasteiger partial charge in [0.1, 0.15) is 0 Å². The van der Waals surface area contributed by atoms with E-state index in [2.05, 4.69) is 9.62 Å². The van der Waals surface area contributed by atoms with Gasteiger partial charge < -0.3 is 10.0 Å². The van der Waals surface area contributed by atoms with Gasteiger partial charge in [-0.2, -0.15) is 0 Å². The number of likely N-dealkylation sites (tertiary alicyclic amines) is 1. The third kappa shape index (κ3) is 3.71. The zero-order chi connectivity index (χ0) is 14.8. The van der Waals surface area contributed by atoms with Gasteiger partial charge in [0.15, 0.2) is 0 Å². The molecule has 2 rings (SSSR count). The number of rotatable bonds is 4. The summed E-state index contributed by atoms with van der Waals surface area (Å²) in [5.41, 5.74) is 0.518. The predicted octanol–water partition coefficient (Wildman–Crippen LogP) is 1.20. The number of hydrogen-bond donors (Lipinski definition) is 2. The highest BCUT2D eigenvalue weighted by molar-refractivity contribution is 7.89. The van der Waals surface area contributed by atoms with Crippen LogP contribution in [0.3, 0.4) is 0 Å². The van der Waals surface area contributed by atoms with E-state index in [1.807, 2.05) is 7.05 Å². The summed E-state index contributed by atoms with van der Waals surface area (Å²) in [7, 11) is -1.53. The lowest BCUT2D eigenvalue weighted by molar-refractivity contribution is 0.248. The van der Waals surface area contributed by atoms with Crippen LogP contribution in [0.5, 0.6) is 0 Å². The van der Waals surface area contributed by atoms with Crippen LogP contribution in [0.15, 0.2) is 23.1 Å². The fraction of sp³-hybridized carbons (Fsp3) is 0.538. The Morgan fingerprint density at radius 1 is 1.40 bits per heavy atom. The number of sulfonamides is 1. The molecule has 5 nitrogen and oxygen atoms in total. The van der Waals surface area contributed by atoms with Crippen molar-refractivity contribution in [2.45, 2.75) is 30.4 Å². The first kappa shape index (κ1) is 15.7. The summed E-state index contributed by atoms with van der Waals surface area (Å²) in [5, 5.41) is 9.31. The van der Waals surface area contributed by atoms with Gasteiger partial charge in [0.2, 0.25) is 10.0 Å². The zero-order valence-corrected chi connectivity index (χ0v) is 12.9. The number of piperidine rings is 1. The van der Waals surface area contributed by atoms with Gasteiger partial charge in [-0.05, 0) is 50.7 Å². The van der Waals surface area contributed by atoms with Crippen molar-refractivity contribution in [3.05, 3.63) is 28.8 Å². The minimum absolute atomic E-state index is 0.0347. The topological polar surface area (TPSA) is 69.6 Å². The van der Waals surface area contributed by atoms with Gasteiger partial charge in [0.05, 0.1) is 11.5 Å². The van der Waals surface area contributed by atoms with Crippen LogP contribution in [0.2, 0.25) is 5.02 Å². The molecule has 0 saturated carbocycles.